The summed E-state index contributed by atoms with van der Waals surface area (Å²) < 4.78 is 29.8. The van der Waals surface area contributed by atoms with E-state index in [1.807, 2.05) is 70.2 Å². The van der Waals surface area contributed by atoms with E-state index in [2.05, 4.69) is 5.32 Å². The Morgan fingerprint density at radius 3 is 2.13 bits per heavy atom. The summed E-state index contributed by atoms with van der Waals surface area (Å²) in [6.45, 7) is 7.14. The van der Waals surface area contributed by atoms with Crippen LogP contribution in [-0.2, 0) is 39.0 Å². The smallest absolute Gasteiger partial charge is 0.264 e. The summed E-state index contributed by atoms with van der Waals surface area (Å²) in [6.07, 6.45) is 1.46. The molecule has 0 spiro atoms. The maximum atomic E-state index is 14.7. The van der Waals surface area contributed by atoms with Crippen molar-refractivity contribution in [2.75, 3.05) is 10.8 Å². The van der Waals surface area contributed by atoms with Gasteiger partial charge in [-0.25, -0.2) is 8.42 Å². The minimum atomic E-state index is -4.20. The minimum Gasteiger partial charge on any atom is -0.352 e. The van der Waals surface area contributed by atoms with Crippen LogP contribution in [0.2, 0.25) is 10.0 Å². The minimum absolute atomic E-state index is 0.00497. The molecule has 4 aromatic rings. The molecule has 0 saturated carbocycles. The maximum Gasteiger partial charge on any atom is 0.264 e. The fourth-order valence-electron chi connectivity index (χ4n) is 5.23. The van der Waals surface area contributed by atoms with Gasteiger partial charge in [0.1, 0.15) is 12.6 Å². The molecule has 0 aliphatic carbocycles. The van der Waals surface area contributed by atoms with E-state index in [1.54, 1.807) is 54.6 Å². The van der Waals surface area contributed by atoms with Gasteiger partial charge in [-0.05, 0) is 73.7 Å². The number of sulfonamides is 1. The Labute approximate surface area is 288 Å². The van der Waals surface area contributed by atoms with E-state index in [4.69, 9.17) is 23.2 Å². The van der Waals surface area contributed by atoms with Crippen LogP contribution >= 0.6 is 23.2 Å². The van der Waals surface area contributed by atoms with Gasteiger partial charge in [0.25, 0.3) is 10.0 Å². The first-order valence-corrected chi connectivity index (χ1v) is 17.9. The SMILES string of the molecule is CCc1ccccc1N(CC(=O)N(Cc1ccc(Cl)c(Cl)c1)[C@H](Cc1ccccc1)C(=O)N[C@@H](C)CC)S(=O)(=O)c1ccc(C)cc1. The third-order valence-corrected chi connectivity index (χ3v) is 10.7. The lowest BCUT2D eigenvalue weighted by atomic mass is 10.0. The van der Waals surface area contributed by atoms with E-state index in [-0.39, 0.29) is 29.8 Å². The van der Waals surface area contributed by atoms with E-state index in [9.17, 15) is 18.0 Å². The first kappa shape index (κ1) is 36.0. The number of halogens is 2. The van der Waals surface area contributed by atoms with Gasteiger partial charge < -0.3 is 10.2 Å². The average molecular weight is 695 g/mol. The Kier molecular flexibility index (Phi) is 12.5. The lowest BCUT2D eigenvalue weighted by molar-refractivity contribution is -0.140. The van der Waals surface area contributed by atoms with Gasteiger partial charge in [-0.1, -0.05) is 109 Å². The van der Waals surface area contributed by atoms with Crippen LogP contribution in [0.1, 0.15) is 49.4 Å². The highest BCUT2D eigenvalue weighted by Crippen LogP contribution is 2.29. The highest BCUT2D eigenvalue weighted by atomic mass is 35.5. The number of nitrogens with one attached hydrogen (secondary N) is 1. The van der Waals surface area contributed by atoms with Gasteiger partial charge in [0, 0.05) is 19.0 Å². The zero-order valence-corrected chi connectivity index (χ0v) is 29.4. The van der Waals surface area contributed by atoms with Crippen LogP contribution in [0, 0.1) is 6.92 Å². The number of hydrogen-bond acceptors (Lipinski definition) is 4. The van der Waals surface area contributed by atoms with Crippen molar-refractivity contribution in [1.29, 1.82) is 0 Å². The Morgan fingerprint density at radius 2 is 1.49 bits per heavy atom. The van der Waals surface area contributed by atoms with Crippen LogP contribution in [0.15, 0.2) is 102 Å². The predicted molar refractivity (Wildman–Crippen MR) is 190 cm³/mol. The second-order valence-electron chi connectivity index (χ2n) is 11.6. The van der Waals surface area contributed by atoms with Crippen LogP contribution in [0.5, 0.6) is 0 Å². The third kappa shape index (κ3) is 9.15. The molecule has 0 fully saturated rings. The molecule has 0 bridgehead atoms. The molecule has 4 rings (SSSR count). The maximum absolute atomic E-state index is 14.7. The number of nitrogens with zero attached hydrogens (tertiary/aromatic N) is 2. The Balaban J connectivity index is 1.85. The van der Waals surface area contributed by atoms with E-state index in [0.29, 0.717) is 34.1 Å². The molecule has 0 unspecified atom stereocenters. The van der Waals surface area contributed by atoms with E-state index in [1.165, 1.54) is 4.90 Å². The molecule has 248 valence electrons. The van der Waals surface area contributed by atoms with Crippen molar-refractivity contribution in [3.63, 3.8) is 0 Å². The van der Waals surface area contributed by atoms with Crippen LogP contribution in [-0.4, -0.2) is 43.8 Å². The summed E-state index contributed by atoms with van der Waals surface area (Å²) in [4.78, 5) is 30.2. The molecule has 7 nitrogen and oxygen atoms in total. The number of anilines is 1. The van der Waals surface area contributed by atoms with E-state index in [0.717, 1.165) is 21.0 Å². The molecule has 47 heavy (non-hydrogen) atoms. The summed E-state index contributed by atoms with van der Waals surface area (Å²) in [7, 11) is -4.20. The zero-order valence-electron chi connectivity index (χ0n) is 27.1. The zero-order chi connectivity index (χ0) is 34.1. The Morgan fingerprint density at radius 1 is 0.830 bits per heavy atom. The highest BCUT2D eigenvalue weighted by Gasteiger charge is 2.35. The van der Waals surface area contributed by atoms with Crippen molar-refractivity contribution in [1.82, 2.24) is 10.2 Å². The molecule has 0 aliphatic heterocycles. The second kappa shape index (κ2) is 16.3. The standard InChI is InChI=1S/C37H41Cl2N3O4S/c1-5-27(4)40-37(44)35(23-28-12-8-7-9-13-28)41(24-29-18-21-32(38)33(39)22-29)36(43)25-42(34-15-11-10-14-30(34)6-2)47(45,46)31-19-16-26(3)17-20-31/h7-22,27,35H,5-6,23-25H2,1-4H3,(H,40,44)/t27-,35+/m0/s1. The normalized spacial score (nSPS) is 12.6. The van der Waals surface area contributed by atoms with Gasteiger partial charge in [-0.2, -0.15) is 0 Å². The van der Waals surface area contributed by atoms with Gasteiger partial charge >= 0.3 is 0 Å². The molecule has 1 N–H and O–H groups in total. The lowest BCUT2D eigenvalue weighted by Gasteiger charge is -2.34. The summed E-state index contributed by atoms with van der Waals surface area (Å²) in [6, 6.07) is 27.1. The highest BCUT2D eigenvalue weighted by molar-refractivity contribution is 7.92. The molecule has 2 atom stereocenters. The molecular weight excluding hydrogens is 653 g/mol. The molecule has 0 radical (unpaired) electrons. The molecule has 2 amide bonds. The molecule has 0 aliphatic rings. The van der Waals surface area contributed by atoms with Gasteiger partial charge in [0.2, 0.25) is 11.8 Å². The summed E-state index contributed by atoms with van der Waals surface area (Å²) in [5, 5.41) is 3.71. The van der Waals surface area contributed by atoms with Crippen molar-refractivity contribution in [3.05, 3.63) is 129 Å². The van der Waals surface area contributed by atoms with Crippen LogP contribution < -0.4 is 9.62 Å². The summed E-state index contributed by atoms with van der Waals surface area (Å²) in [5.41, 5.74) is 3.57. The number of carbonyl (C=O) groups excluding carboxylic acids is 2. The fourth-order valence-corrected chi connectivity index (χ4v) is 7.01. The van der Waals surface area contributed by atoms with Crippen molar-refractivity contribution in [2.45, 2.75) is 70.5 Å². The van der Waals surface area contributed by atoms with Crippen molar-refractivity contribution in [2.24, 2.45) is 0 Å². The van der Waals surface area contributed by atoms with E-state index >= 15 is 0 Å². The number of amides is 2. The predicted octanol–water partition coefficient (Wildman–Crippen LogP) is 7.61. The van der Waals surface area contributed by atoms with Crippen molar-refractivity contribution in [3.8, 4) is 0 Å². The topological polar surface area (TPSA) is 86.8 Å². The van der Waals surface area contributed by atoms with E-state index < -0.39 is 28.5 Å². The largest absolute Gasteiger partial charge is 0.352 e. The van der Waals surface area contributed by atoms with Crippen molar-refractivity contribution >= 4 is 50.7 Å². The summed E-state index contributed by atoms with van der Waals surface area (Å²) in [5.74, 6) is -0.878. The Hall–Kier alpha value is -3.85. The second-order valence-corrected chi connectivity index (χ2v) is 14.3. The van der Waals surface area contributed by atoms with Gasteiger partial charge in [0.05, 0.1) is 20.6 Å². The van der Waals surface area contributed by atoms with Gasteiger partial charge in [-0.3, -0.25) is 13.9 Å². The first-order chi connectivity index (χ1) is 22.4. The molecule has 0 saturated heterocycles. The number of hydrogen-bond donors (Lipinski definition) is 1. The number of carbonyl (C=O) groups is 2. The quantitative estimate of drug-likeness (QED) is 0.147. The molecule has 0 heterocycles. The van der Waals surface area contributed by atoms with Gasteiger partial charge in [0.15, 0.2) is 0 Å². The van der Waals surface area contributed by atoms with Gasteiger partial charge in [-0.15, -0.1) is 0 Å². The molecular formula is C37H41Cl2N3O4S. The molecule has 4 aromatic carbocycles. The molecule has 0 aromatic heterocycles. The average Bonchev–Trinajstić information content (AvgIpc) is 3.07. The Bertz CT molecular complexity index is 1780. The lowest BCUT2D eigenvalue weighted by Crippen LogP contribution is -2.54. The molecule has 10 heteroatoms. The number of para-hydroxylation sites is 1. The third-order valence-electron chi connectivity index (χ3n) is 8.14. The summed E-state index contributed by atoms with van der Waals surface area (Å²) >= 11 is 12.6. The van der Waals surface area contributed by atoms with Crippen molar-refractivity contribution < 1.29 is 18.0 Å². The monoisotopic (exact) mass is 693 g/mol. The first-order valence-electron chi connectivity index (χ1n) is 15.7. The van der Waals surface area contributed by atoms with Crippen LogP contribution in [0.25, 0.3) is 0 Å². The number of rotatable bonds is 14. The number of aryl methyl sites for hydroxylation is 2. The number of benzene rings is 4. The van der Waals surface area contributed by atoms with Crippen LogP contribution in [0.3, 0.4) is 0 Å². The fraction of sp³-hybridized carbons (Fsp3) is 0.297. The van der Waals surface area contributed by atoms with Crippen LogP contribution in [0.4, 0.5) is 5.69 Å².